The first-order valence-corrected chi connectivity index (χ1v) is 10.2. The number of ketones is 1. The number of hydrogen-bond acceptors (Lipinski definition) is 5. The first-order chi connectivity index (χ1) is 13.7. The molecule has 0 radical (unpaired) electrons. The molecule has 1 atom stereocenters. The predicted molar refractivity (Wildman–Crippen MR) is 105 cm³/mol. The van der Waals surface area contributed by atoms with E-state index in [-0.39, 0.29) is 23.4 Å². The number of halogens is 1. The molecule has 144 valence electrons. The summed E-state index contributed by atoms with van der Waals surface area (Å²) in [6, 6.07) is 15.9. The molecule has 1 aliphatic rings. The van der Waals surface area contributed by atoms with Crippen molar-refractivity contribution >= 4 is 17.5 Å². The van der Waals surface area contributed by atoms with E-state index >= 15 is 0 Å². The fraction of sp³-hybridized carbons (Fsp3) is 0.286. The molecule has 0 spiro atoms. The van der Waals surface area contributed by atoms with Gasteiger partial charge in [0, 0.05) is 12.1 Å². The summed E-state index contributed by atoms with van der Waals surface area (Å²) in [6.45, 7) is 0.0714. The average molecular weight is 397 g/mol. The Labute approximate surface area is 166 Å². The van der Waals surface area contributed by atoms with Gasteiger partial charge in [0.05, 0.1) is 5.25 Å². The maximum absolute atomic E-state index is 13.9. The highest BCUT2D eigenvalue weighted by molar-refractivity contribution is 8.00. The van der Waals surface area contributed by atoms with Gasteiger partial charge in [0.15, 0.2) is 22.5 Å². The molecule has 0 saturated heterocycles. The van der Waals surface area contributed by atoms with Crippen molar-refractivity contribution in [3.8, 4) is 11.4 Å². The second-order valence-electron chi connectivity index (χ2n) is 6.61. The molecule has 0 amide bonds. The number of carbonyl (C=O) groups excluding carboxylic acids is 1. The van der Waals surface area contributed by atoms with Crippen LogP contribution >= 0.6 is 11.8 Å². The van der Waals surface area contributed by atoms with Crippen molar-refractivity contribution in [2.45, 2.75) is 42.7 Å². The molecule has 1 aromatic heterocycles. The zero-order valence-electron chi connectivity index (χ0n) is 15.3. The number of para-hydroxylation sites is 2. The second kappa shape index (κ2) is 8.56. The summed E-state index contributed by atoms with van der Waals surface area (Å²) in [5, 5.41) is 9.12. The van der Waals surface area contributed by atoms with Gasteiger partial charge in [-0.05, 0) is 37.1 Å². The molecule has 0 aliphatic heterocycles. The van der Waals surface area contributed by atoms with E-state index in [4.69, 9.17) is 4.74 Å². The van der Waals surface area contributed by atoms with E-state index in [9.17, 15) is 9.18 Å². The van der Waals surface area contributed by atoms with Crippen molar-refractivity contribution in [3.63, 3.8) is 0 Å². The molecule has 1 aliphatic carbocycles. The van der Waals surface area contributed by atoms with Gasteiger partial charge < -0.3 is 4.74 Å². The van der Waals surface area contributed by atoms with Gasteiger partial charge >= 0.3 is 0 Å². The summed E-state index contributed by atoms with van der Waals surface area (Å²) in [5.41, 5.74) is 0.880. The van der Waals surface area contributed by atoms with Crippen LogP contribution in [0.25, 0.3) is 5.69 Å². The average Bonchev–Trinajstić information content (AvgIpc) is 3.12. The van der Waals surface area contributed by atoms with Crippen molar-refractivity contribution in [3.05, 3.63) is 66.2 Å². The van der Waals surface area contributed by atoms with Crippen LogP contribution in [0.2, 0.25) is 0 Å². The van der Waals surface area contributed by atoms with Crippen molar-refractivity contribution in [2.75, 3.05) is 0 Å². The number of carbonyl (C=O) groups is 1. The highest BCUT2D eigenvalue weighted by Crippen LogP contribution is 2.32. The smallest absolute Gasteiger partial charge is 0.196 e. The zero-order chi connectivity index (χ0) is 19.3. The normalized spacial score (nSPS) is 16.9. The lowest BCUT2D eigenvalue weighted by Gasteiger charge is -2.20. The molecule has 4 rings (SSSR count). The number of benzene rings is 2. The summed E-state index contributed by atoms with van der Waals surface area (Å²) in [4.78, 5) is 12.3. The third kappa shape index (κ3) is 4.09. The maximum atomic E-state index is 13.9. The molecule has 0 N–H and O–H groups in total. The Hall–Kier alpha value is -2.67. The Morgan fingerprint density at radius 1 is 1.07 bits per heavy atom. The molecule has 2 aromatic carbocycles. The Kier molecular flexibility index (Phi) is 5.71. The van der Waals surface area contributed by atoms with E-state index in [0.29, 0.717) is 17.4 Å². The lowest BCUT2D eigenvalue weighted by Crippen LogP contribution is -2.22. The van der Waals surface area contributed by atoms with Crippen molar-refractivity contribution < 1.29 is 13.9 Å². The van der Waals surface area contributed by atoms with Crippen molar-refractivity contribution in [2.24, 2.45) is 0 Å². The quantitative estimate of drug-likeness (QED) is 0.609. The van der Waals surface area contributed by atoms with Crippen LogP contribution in [0.3, 0.4) is 0 Å². The van der Waals surface area contributed by atoms with E-state index in [1.165, 1.54) is 17.8 Å². The van der Waals surface area contributed by atoms with Crippen molar-refractivity contribution in [1.82, 2.24) is 14.8 Å². The molecular weight excluding hydrogens is 377 g/mol. The highest BCUT2D eigenvalue weighted by Gasteiger charge is 2.26. The maximum Gasteiger partial charge on any atom is 0.196 e. The van der Waals surface area contributed by atoms with Crippen LogP contribution < -0.4 is 4.74 Å². The SMILES string of the molecule is O=C1CCCC[C@@H]1Sc1nnc(COc2ccccc2F)n1-c1ccccc1. The molecule has 0 unspecified atom stereocenters. The predicted octanol–water partition coefficient (Wildman–Crippen LogP) is 4.59. The lowest BCUT2D eigenvalue weighted by molar-refractivity contribution is -0.119. The fourth-order valence-corrected chi connectivity index (χ4v) is 4.41. The minimum absolute atomic E-state index is 0.0714. The lowest BCUT2D eigenvalue weighted by atomic mass is 9.99. The van der Waals surface area contributed by atoms with Gasteiger partial charge in [0.25, 0.3) is 0 Å². The van der Waals surface area contributed by atoms with Crippen LogP contribution in [0.1, 0.15) is 31.5 Å². The zero-order valence-corrected chi connectivity index (χ0v) is 16.1. The van der Waals surface area contributed by atoms with Gasteiger partial charge in [-0.1, -0.05) is 48.5 Å². The monoisotopic (exact) mass is 397 g/mol. The van der Waals surface area contributed by atoms with Gasteiger partial charge in [0.2, 0.25) is 0 Å². The summed E-state index contributed by atoms with van der Waals surface area (Å²) in [7, 11) is 0. The van der Waals surface area contributed by atoms with E-state index in [2.05, 4.69) is 10.2 Å². The molecule has 5 nitrogen and oxygen atoms in total. The van der Waals surface area contributed by atoms with Crippen LogP contribution in [0.5, 0.6) is 5.75 Å². The molecule has 0 bridgehead atoms. The minimum Gasteiger partial charge on any atom is -0.483 e. The number of hydrogen-bond donors (Lipinski definition) is 0. The summed E-state index contributed by atoms with van der Waals surface area (Å²) in [5.74, 6) is 0.570. The van der Waals surface area contributed by atoms with Gasteiger partial charge in [-0.2, -0.15) is 0 Å². The van der Waals surface area contributed by atoms with E-state index in [1.54, 1.807) is 18.2 Å². The minimum atomic E-state index is -0.421. The van der Waals surface area contributed by atoms with Crippen LogP contribution in [0, 0.1) is 5.82 Å². The fourth-order valence-electron chi connectivity index (χ4n) is 3.21. The molecule has 1 saturated carbocycles. The van der Waals surface area contributed by atoms with Crippen LogP contribution in [0.15, 0.2) is 59.8 Å². The van der Waals surface area contributed by atoms with E-state index in [0.717, 1.165) is 24.9 Å². The number of Topliss-reactive ketones (excluding diaryl/α,β-unsaturated/α-hetero) is 1. The molecule has 28 heavy (non-hydrogen) atoms. The van der Waals surface area contributed by atoms with Gasteiger partial charge in [-0.15, -0.1) is 10.2 Å². The number of rotatable bonds is 6. The largest absolute Gasteiger partial charge is 0.483 e. The van der Waals surface area contributed by atoms with Crippen molar-refractivity contribution in [1.29, 1.82) is 0 Å². The highest BCUT2D eigenvalue weighted by atomic mass is 32.2. The van der Waals surface area contributed by atoms with Gasteiger partial charge in [-0.25, -0.2) is 4.39 Å². The van der Waals surface area contributed by atoms with Crippen LogP contribution in [-0.2, 0) is 11.4 Å². The molecular formula is C21H20FN3O2S. The number of nitrogens with zero attached hydrogens (tertiary/aromatic N) is 3. The van der Waals surface area contributed by atoms with Gasteiger partial charge in [-0.3, -0.25) is 9.36 Å². The third-order valence-electron chi connectivity index (χ3n) is 4.65. The van der Waals surface area contributed by atoms with Gasteiger partial charge in [0.1, 0.15) is 12.4 Å². The Balaban J connectivity index is 1.62. The summed E-state index contributed by atoms with van der Waals surface area (Å²) >= 11 is 1.45. The molecule has 1 heterocycles. The van der Waals surface area contributed by atoms with Crippen LogP contribution in [-0.4, -0.2) is 25.8 Å². The summed E-state index contributed by atoms with van der Waals surface area (Å²) in [6.07, 6.45) is 3.49. The van der Waals surface area contributed by atoms with Crippen LogP contribution in [0.4, 0.5) is 4.39 Å². The Morgan fingerprint density at radius 2 is 1.86 bits per heavy atom. The van der Waals surface area contributed by atoms with E-state index < -0.39 is 5.82 Å². The first kappa shape index (κ1) is 18.7. The number of ether oxygens (including phenoxy) is 1. The number of thioether (sulfide) groups is 1. The first-order valence-electron chi connectivity index (χ1n) is 9.29. The molecule has 3 aromatic rings. The standard InChI is InChI=1S/C21H20FN3O2S/c22-16-10-4-6-12-18(16)27-14-20-23-24-21(25(20)15-8-2-1-3-9-15)28-19-13-7-5-11-17(19)26/h1-4,6,8-10,12,19H,5,7,11,13-14H2/t19-/m0/s1. The summed E-state index contributed by atoms with van der Waals surface area (Å²) < 4.78 is 21.4. The van der Waals surface area contributed by atoms with E-state index in [1.807, 2.05) is 34.9 Å². The second-order valence-corrected chi connectivity index (χ2v) is 7.78. The Bertz CT molecular complexity index is 961. The molecule has 1 fully saturated rings. The third-order valence-corrected chi connectivity index (χ3v) is 5.91. The molecule has 7 heteroatoms. The topological polar surface area (TPSA) is 57.0 Å². The Morgan fingerprint density at radius 3 is 2.64 bits per heavy atom. The number of aromatic nitrogens is 3.